The number of thiophene rings is 1. The van der Waals surface area contributed by atoms with Crippen molar-refractivity contribution in [3.05, 3.63) is 56.0 Å². The molecular weight excluding hydrogens is 519 g/mol. The topological polar surface area (TPSA) is 82.5 Å². The van der Waals surface area contributed by atoms with Gasteiger partial charge in [-0.25, -0.2) is 15.0 Å². The second kappa shape index (κ2) is 11.7. The Morgan fingerprint density at radius 2 is 1.86 bits per heavy atom. The quantitative estimate of drug-likeness (QED) is 0.370. The van der Waals surface area contributed by atoms with Crippen molar-refractivity contribution >= 4 is 27.2 Å². The van der Waals surface area contributed by atoms with Crippen molar-refractivity contribution < 1.29 is 40.4 Å². The molecule has 1 aliphatic carbocycles. The molecule has 0 atom stereocenters. The number of hydrogen-bond donors (Lipinski definition) is 1. The summed E-state index contributed by atoms with van der Waals surface area (Å²) in [5.41, 5.74) is 10.1. The van der Waals surface area contributed by atoms with Crippen molar-refractivity contribution in [3.63, 3.8) is 0 Å². The molecule has 0 amide bonds. The maximum absolute atomic E-state index is 6.07. The number of nitrogens with two attached hydrogens (primary N) is 1. The summed E-state index contributed by atoms with van der Waals surface area (Å²) in [7, 11) is 1.93. The molecule has 1 radical (unpaired) electrons. The fourth-order valence-electron chi connectivity index (χ4n) is 2.55. The number of aryl methyl sites for hydroxylation is 1. The summed E-state index contributed by atoms with van der Waals surface area (Å²) in [6.07, 6.45) is 15.2. The average Bonchev–Trinajstić information content (AvgIpc) is 3.28. The summed E-state index contributed by atoms with van der Waals surface area (Å²) in [5.74, 6) is 0. The smallest absolute Gasteiger partial charge is 0.419 e. The number of fused-ring (bicyclic) bond motifs is 1. The van der Waals surface area contributed by atoms with E-state index in [0.717, 1.165) is 32.7 Å². The number of imidazole rings is 1. The molecule has 149 valence electrons. The molecule has 1 saturated carbocycles. The molecule has 4 aromatic rings. The van der Waals surface area contributed by atoms with Crippen LogP contribution in [0.15, 0.2) is 37.3 Å². The molecule has 1 aliphatic rings. The summed E-state index contributed by atoms with van der Waals surface area (Å²) in [6, 6.07) is 1.97. The minimum Gasteiger partial charge on any atom is -0.419 e. The fraction of sp³-hybridized carbons (Fsp3) is 0.238. The van der Waals surface area contributed by atoms with Gasteiger partial charge in [0.25, 0.3) is 0 Å². The van der Waals surface area contributed by atoms with Crippen molar-refractivity contribution in [1.82, 2.24) is 24.5 Å². The van der Waals surface area contributed by atoms with Crippen LogP contribution in [0.25, 0.3) is 32.7 Å². The van der Waals surface area contributed by atoms with E-state index in [2.05, 4.69) is 38.7 Å². The molecule has 5 rings (SSSR count). The minimum atomic E-state index is 0. The Kier molecular flexibility index (Phi) is 9.57. The van der Waals surface area contributed by atoms with Crippen LogP contribution in [0, 0.1) is 59.1 Å². The molecule has 0 saturated heterocycles. The summed E-state index contributed by atoms with van der Waals surface area (Å²) in [4.78, 5) is 18.0. The van der Waals surface area contributed by atoms with Crippen LogP contribution in [-0.4, -0.2) is 24.5 Å². The molecule has 6 nitrogen and oxygen atoms in total. The second-order valence-electron chi connectivity index (χ2n) is 6.12. The first kappa shape index (κ1) is 23.8. The van der Waals surface area contributed by atoms with Gasteiger partial charge in [0.05, 0.1) is 17.7 Å². The Bertz CT molecular complexity index is 1020. The molecule has 0 bridgehead atoms. The van der Waals surface area contributed by atoms with E-state index in [0.29, 0.717) is 5.69 Å². The fourth-order valence-corrected chi connectivity index (χ4v) is 3.32. The third-order valence-electron chi connectivity index (χ3n) is 4.17. The van der Waals surface area contributed by atoms with Crippen LogP contribution in [0.4, 0.5) is 5.69 Å². The van der Waals surface area contributed by atoms with Crippen LogP contribution >= 0.6 is 11.3 Å². The first-order chi connectivity index (χ1) is 13.7. The predicted octanol–water partition coefficient (Wildman–Crippen LogP) is 4.75. The van der Waals surface area contributed by atoms with Gasteiger partial charge in [-0.15, -0.1) is 11.8 Å². The number of anilines is 1. The van der Waals surface area contributed by atoms with Crippen molar-refractivity contribution in [2.75, 3.05) is 5.73 Å². The third kappa shape index (κ3) is 5.79. The molecule has 0 spiro atoms. The molecule has 2 N–H and O–H groups in total. The maximum atomic E-state index is 6.07. The van der Waals surface area contributed by atoms with Crippen LogP contribution in [0.3, 0.4) is 0 Å². The van der Waals surface area contributed by atoms with Crippen LogP contribution in [-0.2, 0) is 7.05 Å². The second-order valence-corrected chi connectivity index (χ2v) is 6.92. The van der Waals surface area contributed by atoms with Gasteiger partial charge in [0.2, 0.25) is 0 Å². The van der Waals surface area contributed by atoms with Gasteiger partial charge in [-0.1, -0.05) is 16.6 Å². The Labute approximate surface area is 208 Å². The zero-order valence-corrected chi connectivity index (χ0v) is 19.9. The molecule has 0 aliphatic heterocycles. The van der Waals surface area contributed by atoms with Gasteiger partial charge in [0.1, 0.15) is 6.33 Å². The maximum Gasteiger partial charge on any atom is 3.00 e. The standard InChI is InChI=1S/C15H11N6S.C4H7.C2H5.Sm/c1-21-5-13(19-8-21)10-2-12(9-3-17-7-18-4-9)20-15-14(10)11(16)6-22-15;1-2-4-3-1;1-2;/h2-5,7-8H,16H2,1H3;1H,2-4H2;1H2,2H3;/q3*-1;+3. The average molecular weight is 542 g/mol. The molecular formula is C21H23N6SSm. The van der Waals surface area contributed by atoms with Gasteiger partial charge in [-0.05, 0) is 10.9 Å². The normalized spacial score (nSPS) is 12.0. The first-order valence-electron chi connectivity index (χ1n) is 9.09. The molecule has 4 heterocycles. The van der Waals surface area contributed by atoms with Crippen molar-refractivity contribution in [2.24, 2.45) is 7.05 Å². The van der Waals surface area contributed by atoms with Crippen molar-refractivity contribution in [2.45, 2.75) is 26.2 Å². The molecule has 4 aromatic heterocycles. The van der Waals surface area contributed by atoms with E-state index in [-0.39, 0.29) is 40.4 Å². The van der Waals surface area contributed by atoms with E-state index in [1.807, 2.05) is 23.9 Å². The van der Waals surface area contributed by atoms with E-state index < -0.39 is 0 Å². The summed E-state index contributed by atoms with van der Waals surface area (Å²) < 4.78 is 1.90. The van der Waals surface area contributed by atoms with E-state index >= 15 is 0 Å². The number of nitrogens with zero attached hydrogens (tertiary/aromatic N) is 5. The summed E-state index contributed by atoms with van der Waals surface area (Å²) in [5, 5.41) is 3.96. The summed E-state index contributed by atoms with van der Waals surface area (Å²) >= 11 is 1.40. The van der Waals surface area contributed by atoms with Crippen molar-refractivity contribution in [3.8, 4) is 22.5 Å². The van der Waals surface area contributed by atoms with E-state index in [4.69, 9.17) is 5.73 Å². The number of pyridine rings is 1. The van der Waals surface area contributed by atoms with Gasteiger partial charge in [-0.2, -0.15) is 19.8 Å². The number of rotatable bonds is 2. The molecule has 0 unspecified atom stereocenters. The Morgan fingerprint density at radius 3 is 2.41 bits per heavy atom. The number of nitrogen functional groups attached to an aromatic ring is 1. The van der Waals surface area contributed by atoms with Crippen LogP contribution < -0.4 is 5.73 Å². The predicted molar refractivity (Wildman–Crippen MR) is 115 cm³/mol. The van der Waals surface area contributed by atoms with Gasteiger partial charge in [0.15, 0.2) is 0 Å². The van der Waals surface area contributed by atoms with Crippen LogP contribution in [0.1, 0.15) is 26.2 Å². The van der Waals surface area contributed by atoms with E-state index in [9.17, 15) is 0 Å². The largest absolute Gasteiger partial charge is 3.00 e. The molecule has 29 heavy (non-hydrogen) atoms. The van der Waals surface area contributed by atoms with E-state index in [1.165, 1.54) is 36.9 Å². The van der Waals surface area contributed by atoms with Gasteiger partial charge < -0.3 is 28.6 Å². The molecule has 0 aromatic carbocycles. The Morgan fingerprint density at radius 1 is 1.21 bits per heavy atom. The Hall–Kier alpha value is -1.46. The molecule has 8 heteroatoms. The van der Waals surface area contributed by atoms with Crippen LogP contribution in [0.5, 0.6) is 0 Å². The van der Waals surface area contributed by atoms with Gasteiger partial charge in [-0.3, -0.25) is 11.3 Å². The summed E-state index contributed by atoms with van der Waals surface area (Å²) in [6.45, 7) is 5.00. The van der Waals surface area contributed by atoms with E-state index in [1.54, 1.807) is 25.6 Å². The number of aromatic nitrogens is 5. The SMILES string of the molecule is Cn1cnc(-c2cc(-c3cncnc3)nc3s[c-]c(N)c23)c1.[CH-]1CCC1.[CH2-]C.[Sm+3]. The van der Waals surface area contributed by atoms with Crippen LogP contribution in [0.2, 0.25) is 0 Å². The first-order valence-corrected chi connectivity index (χ1v) is 9.91. The minimum absolute atomic E-state index is 0. The molecule has 1 fully saturated rings. The van der Waals surface area contributed by atoms with Gasteiger partial charge >= 0.3 is 40.4 Å². The third-order valence-corrected chi connectivity index (χ3v) is 4.98. The zero-order chi connectivity index (χ0) is 19.9. The Balaban J connectivity index is 0.000000377. The number of hydrogen-bond acceptors (Lipinski definition) is 6. The van der Waals surface area contributed by atoms with Gasteiger partial charge in [0, 0.05) is 31.2 Å². The van der Waals surface area contributed by atoms with Crippen molar-refractivity contribution in [1.29, 1.82) is 0 Å². The zero-order valence-electron chi connectivity index (χ0n) is 16.5. The monoisotopic (exact) mass is 543 g/mol.